The van der Waals surface area contributed by atoms with Crippen LogP contribution in [0.4, 0.5) is 4.39 Å². The van der Waals surface area contributed by atoms with Crippen LogP contribution in [0.5, 0.6) is 0 Å². The highest BCUT2D eigenvalue weighted by Gasteiger charge is 2.22. The van der Waals surface area contributed by atoms with Crippen molar-refractivity contribution in [3.05, 3.63) is 34.6 Å². The number of nitrogens with one attached hydrogen (secondary N) is 1. The molecule has 18 heavy (non-hydrogen) atoms. The lowest BCUT2D eigenvalue weighted by molar-refractivity contribution is 0.0708. The molecule has 3 nitrogen and oxygen atoms in total. The Morgan fingerprint density at radius 1 is 1.56 bits per heavy atom. The van der Waals surface area contributed by atoms with Gasteiger partial charge in [-0.1, -0.05) is 11.6 Å². The zero-order chi connectivity index (χ0) is 12.4. The smallest absolute Gasteiger partial charge is 0.254 e. The molecule has 1 atom stereocenters. The minimum absolute atomic E-state index is 0. The predicted molar refractivity (Wildman–Crippen MR) is 72.0 cm³/mol. The molecule has 1 aromatic carbocycles. The molecule has 1 heterocycles. The quantitative estimate of drug-likeness (QED) is 0.862. The highest BCUT2D eigenvalue weighted by Crippen LogP contribution is 2.17. The Kier molecular flexibility index (Phi) is 5.38. The van der Waals surface area contributed by atoms with Gasteiger partial charge in [-0.05, 0) is 25.1 Å². The standard InChI is InChI=1S/C12H14ClFN2O.ClH/c1-8-7-16(5-4-15-8)12(17)9-2-3-10(13)11(14)6-9;/h2-3,6,8,15H,4-5,7H2,1H3;1H/t8-;/m1./s1. The number of benzene rings is 1. The average Bonchev–Trinajstić information content (AvgIpc) is 2.32. The van der Waals surface area contributed by atoms with Gasteiger partial charge < -0.3 is 10.2 Å². The molecule has 1 saturated heterocycles. The van der Waals surface area contributed by atoms with Crippen LogP contribution in [0.3, 0.4) is 0 Å². The summed E-state index contributed by atoms with van der Waals surface area (Å²) >= 11 is 5.58. The molecule has 0 saturated carbocycles. The van der Waals surface area contributed by atoms with E-state index in [9.17, 15) is 9.18 Å². The minimum Gasteiger partial charge on any atom is -0.336 e. The summed E-state index contributed by atoms with van der Waals surface area (Å²) in [7, 11) is 0. The summed E-state index contributed by atoms with van der Waals surface area (Å²) in [4.78, 5) is 13.8. The van der Waals surface area contributed by atoms with E-state index in [4.69, 9.17) is 11.6 Å². The maximum atomic E-state index is 13.3. The SMILES string of the molecule is C[C@@H]1CN(C(=O)c2ccc(Cl)c(F)c2)CCN1.Cl. The lowest BCUT2D eigenvalue weighted by Crippen LogP contribution is -2.51. The Morgan fingerprint density at radius 2 is 2.28 bits per heavy atom. The van der Waals surface area contributed by atoms with Crippen molar-refractivity contribution in [3.63, 3.8) is 0 Å². The monoisotopic (exact) mass is 292 g/mol. The van der Waals surface area contributed by atoms with E-state index in [0.717, 1.165) is 6.54 Å². The van der Waals surface area contributed by atoms with E-state index >= 15 is 0 Å². The van der Waals surface area contributed by atoms with E-state index < -0.39 is 5.82 Å². The van der Waals surface area contributed by atoms with Gasteiger partial charge in [0.25, 0.3) is 5.91 Å². The van der Waals surface area contributed by atoms with Gasteiger partial charge in [-0.3, -0.25) is 4.79 Å². The number of rotatable bonds is 1. The van der Waals surface area contributed by atoms with Gasteiger partial charge in [0.05, 0.1) is 5.02 Å². The molecule has 1 fully saturated rings. The van der Waals surface area contributed by atoms with Crippen LogP contribution in [0, 0.1) is 5.82 Å². The van der Waals surface area contributed by atoms with Crippen molar-refractivity contribution < 1.29 is 9.18 Å². The van der Waals surface area contributed by atoms with Gasteiger partial charge in [-0.15, -0.1) is 12.4 Å². The summed E-state index contributed by atoms with van der Waals surface area (Å²) in [5, 5.41) is 3.29. The molecular formula is C12H15Cl2FN2O. The third kappa shape index (κ3) is 3.34. The molecular weight excluding hydrogens is 278 g/mol. The van der Waals surface area contributed by atoms with Gasteiger partial charge in [0.15, 0.2) is 0 Å². The molecule has 6 heteroatoms. The molecule has 1 amide bonds. The van der Waals surface area contributed by atoms with Gasteiger partial charge in [-0.25, -0.2) is 4.39 Å². The lowest BCUT2D eigenvalue weighted by Gasteiger charge is -2.32. The molecule has 0 bridgehead atoms. The van der Waals surface area contributed by atoms with Crippen LogP contribution >= 0.6 is 24.0 Å². The first-order chi connectivity index (χ1) is 8.08. The van der Waals surface area contributed by atoms with Crippen LogP contribution in [0.1, 0.15) is 17.3 Å². The average molecular weight is 293 g/mol. The van der Waals surface area contributed by atoms with Crippen molar-refractivity contribution in [2.45, 2.75) is 13.0 Å². The number of nitrogens with zero attached hydrogens (tertiary/aromatic N) is 1. The Morgan fingerprint density at radius 3 is 2.89 bits per heavy atom. The van der Waals surface area contributed by atoms with E-state index in [1.165, 1.54) is 12.1 Å². The summed E-state index contributed by atoms with van der Waals surface area (Å²) < 4.78 is 13.3. The Hall–Kier alpha value is -0.840. The Balaban J connectivity index is 0.00000162. The van der Waals surface area contributed by atoms with Gasteiger partial charge in [0.1, 0.15) is 5.82 Å². The fourth-order valence-electron chi connectivity index (χ4n) is 1.93. The van der Waals surface area contributed by atoms with E-state index in [2.05, 4.69) is 5.32 Å². The molecule has 1 aliphatic heterocycles. The van der Waals surface area contributed by atoms with Gasteiger partial charge >= 0.3 is 0 Å². The third-order valence-corrected chi connectivity index (χ3v) is 3.13. The molecule has 0 aromatic heterocycles. The molecule has 0 radical (unpaired) electrons. The zero-order valence-electron chi connectivity index (χ0n) is 9.95. The maximum absolute atomic E-state index is 13.3. The fraction of sp³-hybridized carbons (Fsp3) is 0.417. The highest BCUT2D eigenvalue weighted by molar-refractivity contribution is 6.30. The second-order valence-corrected chi connectivity index (χ2v) is 4.64. The summed E-state index contributed by atoms with van der Waals surface area (Å²) in [6.45, 7) is 4.07. The molecule has 100 valence electrons. The lowest BCUT2D eigenvalue weighted by atomic mass is 10.1. The van der Waals surface area contributed by atoms with E-state index in [1.807, 2.05) is 6.92 Å². The highest BCUT2D eigenvalue weighted by atomic mass is 35.5. The second-order valence-electron chi connectivity index (χ2n) is 4.24. The molecule has 0 unspecified atom stereocenters. The number of carbonyl (C=O) groups is 1. The van der Waals surface area contributed by atoms with Crippen molar-refractivity contribution in [1.82, 2.24) is 10.2 Å². The topological polar surface area (TPSA) is 32.3 Å². The maximum Gasteiger partial charge on any atom is 0.254 e. The summed E-state index contributed by atoms with van der Waals surface area (Å²) in [6.07, 6.45) is 0. The summed E-state index contributed by atoms with van der Waals surface area (Å²) in [6, 6.07) is 4.43. The third-order valence-electron chi connectivity index (χ3n) is 2.82. The van der Waals surface area contributed by atoms with Crippen molar-refractivity contribution in [2.24, 2.45) is 0 Å². The molecule has 2 rings (SSSR count). The number of carbonyl (C=O) groups excluding carboxylic acids is 1. The zero-order valence-corrected chi connectivity index (χ0v) is 11.5. The van der Waals surface area contributed by atoms with Crippen LogP contribution in [-0.2, 0) is 0 Å². The van der Waals surface area contributed by atoms with Gasteiger partial charge in [-0.2, -0.15) is 0 Å². The van der Waals surface area contributed by atoms with Gasteiger partial charge in [0, 0.05) is 31.2 Å². The Labute approximate surface area is 117 Å². The number of hydrogen-bond acceptors (Lipinski definition) is 2. The number of hydrogen-bond donors (Lipinski definition) is 1. The van der Waals surface area contributed by atoms with Crippen molar-refractivity contribution in [3.8, 4) is 0 Å². The predicted octanol–water partition coefficient (Wildman–Crippen LogP) is 2.33. The number of piperazine rings is 1. The molecule has 0 spiro atoms. The van der Waals surface area contributed by atoms with Gasteiger partial charge in [0.2, 0.25) is 0 Å². The fourth-order valence-corrected chi connectivity index (χ4v) is 2.05. The second kappa shape index (κ2) is 6.36. The summed E-state index contributed by atoms with van der Waals surface area (Å²) in [5.74, 6) is -0.699. The van der Waals surface area contributed by atoms with Crippen LogP contribution in [0.25, 0.3) is 0 Å². The normalized spacial score (nSPS) is 19.3. The van der Waals surface area contributed by atoms with Crippen LogP contribution in [0.2, 0.25) is 5.02 Å². The van der Waals surface area contributed by atoms with E-state index in [0.29, 0.717) is 18.7 Å². The van der Waals surface area contributed by atoms with Crippen LogP contribution in [0.15, 0.2) is 18.2 Å². The summed E-state index contributed by atoms with van der Waals surface area (Å²) in [5.41, 5.74) is 0.348. The first-order valence-corrected chi connectivity index (χ1v) is 5.93. The molecule has 0 aliphatic carbocycles. The molecule has 1 aliphatic rings. The number of amides is 1. The molecule has 1 N–H and O–H groups in total. The van der Waals surface area contributed by atoms with E-state index in [1.54, 1.807) is 11.0 Å². The minimum atomic E-state index is -0.555. The first-order valence-electron chi connectivity index (χ1n) is 5.55. The first kappa shape index (κ1) is 15.2. The Bertz CT molecular complexity index is 442. The largest absolute Gasteiger partial charge is 0.336 e. The molecule has 1 aromatic rings. The number of halogens is 3. The van der Waals surface area contributed by atoms with Crippen molar-refractivity contribution in [1.29, 1.82) is 0 Å². The van der Waals surface area contributed by atoms with Crippen molar-refractivity contribution in [2.75, 3.05) is 19.6 Å². The van der Waals surface area contributed by atoms with Crippen molar-refractivity contribution >= 4 is 29.9 Å². The van der Waals surface area contributed by atoms with E-state index in [-0.39, 0.29) is 29.4 Å². The van der Waals surface area contributed by atoms with Crippen LogP contribution in [-0.4, -0.2) is 36.5 Å². The van der Waals surface area contributed by atoms with Crippen LogP contribution < -0.4 is 5.32 Å².